The Morgan fingerprint density at radius 3 is 2.62 bits per heavy atom. The molecule has 0 aliphatic carbocycles. The molecule has 2 rings (SSSR count). The van der Waals surface area contributed by atoms with Gasteiger partial charge in [0.2, 0.25) is 0 Å². The van der Waals surface area contributed by atoms with E-state index in [9.17, 15) is 9.59 Å². The maximum Gasteiger partial charge on any atom is 0.339 e. The second-order valence-corrected chi connectivity index (χ2v) is 5.92. The van der Waals surface area contributed by atoms with Crippen molar-refractivity contribution in [2.24, 2.45) is 0 Å². The number of thiophene rings is 1. The number of hydrogen-bond acceptors (Lipinski definition) is 5. The van der Waals surface area contributed by atoms with Crippen LogP contribution >= 0.6 is 11.3 Å². The van der Waals surface area contributed by atoms with E-state index in [2.05, 4.69) is 10.3 Å². The first-order chi connectivity index (χ1) is 10.1. The molecule has 2 aromatic heterocycles. The van der Waals surface area contributed by atoms with Crippen LogP contribution in [0.1, 0.15) is 30.5 Å². The van der Waals surface area contributed by atoms with Gasteiger partial charge in [0.05, 0.1) is 12.1 Å². The number of rotatable bonds is 5. The summed E-state index contributed by atoms with van der Waals surface area (Å²) in [5, 5.41) is 2.68. The Balaban J connectivity index is 1.76. The minimum absolute atomic E-state index is 0.143. The summed E-state index contributed by atoms with van der Waals surface area (Å²) in [4.78, 5) is 29.5. The molecule has 0 aliphatic heterocycles. The van der Waals surface area contributed by atoms with Gasteiger partial charge in [-0.15, -0.1) is 11.3 Å². The van der Waals surface area contributed by atoms with Crippen LogP contribution in [0.2, 0.25) is 0 Å². The average Bonchev–Trinajstić information content (AvgIpc) is 2.83. The summed E-state index contributed by atoms with van der Waals surface area (Å²) in [5.74, 6) is -0.564. The molecule has 0 fully saturated rings. The van der Waals surface area contributed by atoms with Crippen molar-refractivity contribution in [2.45, 2.75) is 13.8 Å². The Hall–Kier alpha value is -2.21. The van der Waals surface area contributed by atoms with E-state index in [1.807, 2.05) is 19.9 Å². The van der Waals surface area contributed by atoms with Crippen LogP contribution in [0.25, 0.3) is 0 Å². The first-order valence-corrected chi connectivity index (χ1v) is 7.32. The molecule has 21 heavy (non-hydrogen) atoms. The monoisotopic (exact) mass is 304 g/mol. The zero-order chi connectivity index (χ0) is 15.2. The highest BCUT2D eigenvalue weighted by atomic mass is 32.1. The van der Waals surface area contributed by atoms with Crippen molar-refractivity contribution in [3.05, 3.63) is 51.5 Å². The van der Waals surface area contributed by atoms with Crippen molar-refractivity contribution in [1.82, 2.24) is 10.3 Å². The maximum atomic E-state index is 11.9. The Morgan fingerprint density at radius 2 is 2.00 bits per heavy atom. The van der Waals surface area contributed by atoms with Gasteiger partial charge in [-0.3, -0.25) is 9.78 Å². The van der Waals surface area contributed by atoms with Gasteiger partial charge in [-0.25, -0.2) is 4.79 Å². The highest BCUT2D eigenvalue weighted by Gasteiger charge is 2.13. The van der Waals surface area contributed by atoms with Crippen LogP contribution in [0.15, 0.2) is 30.6 Å². The lowest BCUT2D eigenvalue weighted by atomic mass is 10.2. The summed E-state index contributed by atoms with van der Waals surface area (Å²) in [5.41, 5.74) is 1.12. The van der Waals surface area contributed by atoms with Crippen molar-refractivity contribution in [3.8, 4) is 0 Å². The third kappa shape index (κ3) is 4.13. The van der Waals surface area contributed by atoms with Gasteiger partial charge in [-0.1, -0.05) is 0 Å². The van der Waals surface area contributed by atoms with Gasteiger partial charge in [-0.05, 0) is 32.0 Å². The highest BCUT2D eigenvalue weighted by molar-refractivity contribution is 7.12. The Labute approximate surface area is 127 Å². The van der Waals surface area contributed by atoms with Crippen LogP contribution in [0.3, 0.4) is 0 Å². The van der Waals surface area contributed by atoms with E-state index in [-0.39, 0.29) is 25.0 Å². The van der Waals surface area contributed by atoms with E-state index < -0.39 is 0 Å². The summed E-state index contributed by atoms with van der Waals surface area (Å²) < 4.78 is 5.15. The van der Waals surface area contributed by atoms with Crippen molar-refractivity contribution in [2.75, 3.05) is 13.2 Å². The van der Waals surface area contributed by atoms with E-state index in [1.165, 1.54) is 0 Å². The number of aryl methyl sites for hydroxylation is 2. The van der Waals surface area contributed by atoms with Crippen LogP contribution in [0, 0.1) is 13.8 Å². The Kier molecular flexibility index (Phi) is 5.05. The molecule has 0 aliphatic rings. The zero-order valence-electron chi connectivity index (χ0n) is 11.9. The molecule has 1 N–H and O–H groups in total. The number of carbonyl (C=O) groups is 2. The summed E-state index contributed by atoms with van der Waals surface area (Å²) in [7, 11) is 0. The summed E-state index contributed by atoms with van der Waals surface area (Å²) in [6.07, 6.45) is 3.10. The smallest absolute Gasteiger partial charge is 0.339 e. The molecule has 2 heterocycles. The molecule has 0 saturated carbocycles. The number of pyridine rings is 1. The molecule has 0 bridgehead atoms. The number of esters is 1. The predicted octanol–water partition coefficient (Wildman–Crippen LogP) is 2.35. The molecular formula is C15H16N2O3S. The molecule has 110 valence electrons. The van der Waals surface area contributed by atoms with Crippen LogP contribution in [0.4, 0.5) is 0 Å². The largest absolute Gasteiger partial charge is 0.460 e. The molecule has 0 radical (unpaired) electrons. The van der Waals surface area contributed by atoms with E-state index in [0.29, 0.717) is 11.1 Å². The van der Waals surface area contributed by atoms with Crippen molar-refractivity contribution in [1.29, 1.82) is 0 Å². The first-order valence-electron chi connectivity index (χ1n) is 6.50. The Bertz CT molecular complexity index is 638. The molecular weight excluding hydrogens is 288 g/mol. The number of nitrogens with zero attached hydrogens (tertiary/aromatic N) is 1. The Morgan fingerprint density at radius 1 is 1.29 bits per heavy atom. The SMILES string of the molecule is Cc1cc(C(=O)OCCNC(=O)c2ccncc2)c(C)s1. The summed E-state index contributed by atoms with van der Waals surface area (Å²) in [6, 6.07) is 5.07. The number of hydrogen-bond donors (Lipinski definition) is 1. The molecule has 1 amide bonds. The molecule has 5 nitrogen and oxygen atoms in total. The lowest BCUT2D eigenvalue weighted by Gasteiger charge is -2.06. The van der Waals surface area contributed by atoms with Crippen molar-refractivity contribution >= 4 is 23.2 Å². The molecule has 0 unspecified atom stereocenters. The number of aromatic nitrogens is 1. The second kappa shape index (κ2) is 6.99. The lowest BCUT2D eigenvalue weighted by Crippen LogP contribution is -2.28. The minimum Gasteiger partial charge on any atom is -0.460 e. The van der Waals surface area contributed by atoms with Crippen LogP contribution in [-0.2, 0) is 4.74 Å². The van der Waals surface area contributed by atoms with Gasteiger partial charge in [0.1, 0.15) is 6.61 Å². The van der Waals surface area contributed by atoms with Crippen molar-refractivity contribution in [3.63, 3.8) is 0 Å². The normalized spacial score (nSPS) is 10.2. The topological polar surface area (TPSA) is 68.3 Å². The van der Waals surface area contributed by atoms with E-state index in [4.69, 9.17) is 4.74 Å². The molecule has 6 heteroatoms. The lowest BCUT2D eigenvalue weighted by molar-refractivity contribution is 0.0503. The van der Waals surface area contributed by atoms with Crippen LogP contribution in [0.5, 0.6) is 0 Å². The standard InChI is InChI=1S/C15H16N2O3S/c1-10-9-13(11(2)21-10)15(19)20-8-7-17-14(18)12-3-5-16-6-4-12/h3-6,9H,7-8H2,1-2H3,(H,17,18). The van der Waals surface area contributed by atoms with Crippen LogP contribution in [-0.4, -0.2) is 30.0 Å². The van der Waals surface area contributed by atoms with Gasteiger partial charge in [0, 0.05) is 27.7 Å². The highest BCUT2D eigenvalue weighted by Crippen LogP contribution is 2.21. The van der Waals surface area contributed by atoms with E-state index in [0.717, 1.165) is 9.75 Å². The molecule has 0 saturated heterocycles. The number of nitrogens with one attached hydrogen (secondary N) is 1. The number of ether oxygens (including phenoxy) is 1. The predicted molar refractivity (Wildman–Crippen MR) is 80.6 cm³/mol. The summed E-state index contributed by atoms with van der Waals surface area (Å²) >= 11 is 1.56. The fraction of sp³-hybridized carbons (Fsp3) is 0.267. The fourth-order valence-corrected chi connectivity index (χ4v) is 2.74. The van der Waals surface area contributed by atoms with Gasteiger partial charge in [0.25, 0.3) is 5.91 Å². The molecule has 0 atom stereocenters. The van der Waals surface area contributed by atoms with Gasteiger partial charge in [-0.2, -0.15) is 0 Å². The maximum absolute atomic E-state index is 11.9. The van der Waals surface area contributed by atoms with Gasteiger partial charge < -0.3 is 10.1 Å². The third-order valence-corrected chi connectivity index (χ3v) is 3.79. The van der Waals surface area contributed by atoms with Crippen molar-refractivity contribution < 1.29 is 14.3 Å². The van der Waals surface area contributed by atoms with Crippen LogP contribution < -0.4 is 5.32 Å². The van der Waals surface area contributed by atoms with Gasteiger partial charge >= 0.3 is 5.97 Å². The van der Waals surface area contributed by atoms with Gasteiger partial charge in [0.15, 0.2) is 0 Å². The van der Waals surface area contributed by atoms with E-state index >= 15 is 0 Å². The summed E-state index contributed by atoms with van der Waals surface area (Å²) in [6.45, 7) is 4.25. The molecule has 0 aromatic carbocycles. The third-order valence-electron chi connectivity index (χ3n) is 2.82. The average molecular weight is 304 g/mol. The molecule has 0 spiro atoms. The number of carbonyl (C=O) groups excluding carboxylic acids is 2. The zero-order valence-corrected chi connectivity index (χ0v) is 12.7. The molecule has 2 aromatic rings. The number of amides is 1. The quantitative estimate of drug-likeness (QED) is 0.680. The van der Waals surface area contributed by atoms with E-state index in [1.54, 1.807) is 35.9 Å². The second-order valence-electron chi connectivity index (χ2n) is 4.45. The first kappa shape index (κ1) is 15.2. The fourth-order valence-electron chi connectivity index (χ4n) is 1.82. The minimum atomic E-state index is -0.352.